The lowest BCUT2D eigenvalue weighted by Gasteiger charge is -2.19. The zero-order chi connectivity index (χ0) is 16.8. The van der Waals surface area contributed by atoms with Gasteiger partial charge in [-0.05, 0) is 31.4 Å². The molecule has 0 aliphatic carbocycles. The molecule has 0 saturated carbocycles. The summed E-state index contributed by atoms with van der Waals surface area (Å²) in [6.45, 7) is 4.11. The van der Waals surface area contributed by atoms with Crippen LogP contribution in [0.4, 0.5) is 0 Å². The van der Waals surface area contributed by atoms with Crippen LogP contribution in [0, 0.1) is 13.8 Å². The number of benzene rings is 2. The van der Waals surface area contributed by atoms with Crippen LogP contribution < -0.4 is 5.32 Å². The van der Waals surface area contributed by atoms with Crippen LogP contribution in [-0.4, -0.2) is 28.8 Å². The van der Waals surface area contributed by atoms with Crippen molar-refractivity contribution < 1.29 is 15.0 Å². The van der Waals surface area contributed by atoms with E-state index in [4.69, 9.17) is 0 Å². The molecular formula is C19H23NO3. The molecule has 2 aromatic carbocycles. The maximum Gasteiger partial charge on any atom is 0.325 e. The molecule has 3 N–H and O–H groups in total. The minimum Gasteiger partial charge on any atom is -0.480 e. The molecule has 0 aromatic heterocycles. The smallest absolute Gasteiger partial charge is 0.325 e. The van der Waals surface area contributed by atoms with Gasteiger partial charge in [0.15, 0.2) is 0 Å². The van der Waals surface area contributed by atoms with Crippen LogP contribution in [0.2, 0.25) is 0 Å². The predicted octanol–water partition coefficient (Wildman–Crippen LogP) is 2.62. The molecule has 4 heteroatoms. The first-order chi connectivity index (χ1) is 11.0. The Labute approximate surface area is 136 Å². The summed E-state index contributed by atoms with van der Waals surface area (Å²) in [7, 11) is 0. The summed E-state index contributed by atoms with van der Waals surface area (Å²) < 4.78 is 0. The summed E-state index contributed by atoms with van der Waals surface area (Å²) in [5.41, 5.74) is 3.79. The number of carboxylic acids is 1. The number of hydrogen-bond acceptors (Lipinski definition) is 3. The Morgan fingerprint density at radius 2 is 1.70 bits per heavy atom. The Bertz CT molecular complexity index is 635. The van der Waals surface area contributed by atoms with Crippen LogP contribution in [0.1, 0.15) is 28.3 Å². The van der Waals surface area contributed by atoms with Gasteiger partial charge in [-0.2, -0.15) is 0 Å². The second kappa shape index (κ2) is 7.90. The van der Waals surface area contributed by atoms with Gasteiger partial charge in [-0.3, -0.25) is 10.1 Å². The van der Waals surface area contributed by atoms with Crippen molar-refractivity contribution in [3.63, 3.8) is 0 Å². The van der Waals surface area contributed by atoms with Crippen molar-refractivity contribution in [2.45, 2.75) is 32.4 Å². The second-order valence-corrected chi connectivity index (χ2v) is 5.94. The number of aryl methyl sites for hydroxylation is 2. The van der Waals surface area contributed by atoms with Gasteiger partial charge in [-0.15, -0.1) is 0 Å². The standard InChI is InChI=1S/C19H23NO3/c1-13-8-14(2)10-16(9-13)18(19(22)23)20-12-17(21)11-15-6-4-3-5-7-15/h3-10,17-18,20-21H,11-12H2,1-2H3,(H,22,23)/t17-,18?/m1/s1. The Hall–Kier alpha value is -2.17. The maximum atomic E-state index is 11.5. The molecule has 0 aliphatic rings. The minimum absolute atomic E-state index is 0.221. The number of rotatable bonds is 7. The van der Waals surface area contributed by atoms with Gasteiger partial charge in [0.05, 0.1) is 6.10 Å². The first kappa shape index (κ1) is 17.2. The fraction of sp³-hybridized carbons (Fsp3) is 0.316. The van der Waals surface area contributed by atoms with E-state index >= 15 is 0 Å². The quantitative estimate of drug-likeness (QED) is 0.735. The highest BCUT2D eigenvalue weighted by Crippen LogP contribution is 2.17. The molecule has 4 nitrogen and oxygen atoms in total. The molecule has 2 atom stereocenters. The number of carbonyl (C=O) groups is 1. The van der Waals surface area contributed by atoms with Crippen molar-refractivity contribution >= 4 is 5.97 Å². The highest BCUT2D eigenvalue weighted by Gasteiger charge is 2.21. The normalized spacial score (nSPS) is 13.5. The van der Waals surface area contributed by atoms with E-state index in [1.165, 1.54) is 0 Å². The average molecular weight is 313 g/mol. The van der Waals surface area contributed by atoms with Crippen LogP contribution in [0.15, 0.2) is 48.5 Å². The third-order valence-electron chi connectivity index (χ3n) is 3.70. The Morgan fingerprint density at radius 3 is 2.26 bits per heavy atom. The molecule has 23 heavy (non-hydrogen) atoms. The number of nitrogens with one attached hydrogen (secondary N) is 1. The minimum atomic E-state index is -0.943. The van der Waals surface area contributed by atoms with Gasteiger partial charge >= 0.3 is 5.97 Å². The molecule has 0 saturated heterocycles. The van der Waals surface area contributed by atoms with Crippen molar-refractivity contribution in [2.24, 2.45) is 0 Å². The van der Waals surface area contributed by atoms with E-state index in [9.17, 15) is 15.0 Å². The first-order valence-corrected chi connectivity index (χ1v) is 7.72. The molecule has 0 radical (unpaired) electrons. The number of carboxylic acid groups (broad SMARTS) is 1. The summed E-state index contributed by atoms with van der Waals surface area (Å²) >= 11 is 0. The highest BCUT2D eigenvalue weighted by molar-refractivity contribution is 5.75. The van der Waals surface area contributed by atoms with Crippen molar-refractivity contribution in [1.29, 1.82) is 0 Å². The summed E-state index contributed by atoms with van der Waals surface area (Å²) in [6.07, 6.45) is -0.141. The molecule has 2 rings (SSSR count). The molecule has 0 fully saturated rings. The number of aliphatic hydroxyl groups excluding tert-OH is 1. The molecule has 122 valence electrons. The highest BCUT2D eigenvalue weighted by atomic mass is 16.4. The van der Waals surface area contributed by atoms with E-state index in [1.54, 1.807) is 0 Å². The second-order valence-electron chi connectivity index (χ2n) is 5.94. The predicted molar refractivity (Wildman–Crippen MR) is 90.4 cm³/mol. The molecular weight excluding hydrogens is 290 g/mol. The SMILES string of the molecule is Cc1cc(C)cc(C(NC[C@H](O)Cc2ccccc2)C(=O)O)c1. The van der Waals surface area contributed by atoms with E-state index in [0.717, 1.165) is 16.7 Å². The van der Waals surface area contributed by atoms with Gasteiger partial charge in [-0.1, -0.05) is 59.7 Å². The molecule has 0 amide bonds. The first-order valence-electron chi connectivity index (χ1n) is 7.72. The van der Waals surface area contributed by atoms with Gasteiger partial charge < -0.3 is 10.2 Å². The Morgan fingerprint density at radius 1 is 1.09 bits per heavy atom. The Balaban J connectivity index is 2.01. The van der Waals surface area contributed by atoms with Crippen molar-refractivity contribution in [1.82, 2.24) is 5.32 Å². The topological polar surface area (TPSA) is 69.6 Å². The lowest BCUT2D eigenvalue weighted by atomic mass is 10.0. The Kier molecular flexibility index (Phi) is 5.90. The van der Waals surface area contributed by atoms with Gasteiger partial charge in [-0.25, -0.2) is 0 Å². The number of hydrogen-bond donors (Lipinski definition) is 3. The average Bonchev–Trinajstić information content (AvgIpc) is 2.47. The van der Waals surface area contributed by atoms with Crippen LogP contribution in [0.25, 0.3) is 0 Å². The van der Waals surface area contributed by atoms with E-state index < -0.39 is 18.1 Å². The summed E-state index contributed by atoms with van der Waals surface area (Å²) in [5, 5.41) is 22.6. The largest absolute Gasteiger partial charge is 0.480 e. The van der Waals surface area contributed by atoms with Gasteiger partial charge in [0.25, 0.3) is 0 Å². The summed E-state index contributed by atoms with van der Waals surface area (Å²) in [6, 6.07) is 14.6. The van der Waals surface area contributed by atoms with Crippen LogP contribution >= 0.6 is 0 Å². The lowest BCUT2D eigenvalue weighted by molar-refractivity contribution is -0.139. The third-order valence-corrected chi connectivity index (χ3v) is 3.70. The van der Waals surface area contributed by atoms with Crippen LogP contribution in [0.3, 0.4) is 0 Å². The number of aliphatic hydroxyl groups is 1. The monoisotopic (exact) mass is 313 g/mol. The zero-order valence-electron chi connectivity index (χ0n) is 13.5. The fourth-order valence-corrected chi connectivity index (χ4v) is 2.74. The number of aliphatic carboxylic acids is 1. The van der Waals surface area contributed by atoms with Crippen molar-refractivity contribution in [3.05, 3.63) is 70.8 Å². The van der Waals surface area contributed by atoms with E-state index in [0.29, 0.717) is 12.0 Å². The fourth-order valence-electron chi connectivity index (χ4n) is 2.74. The third kappa shape index (κ3) is 5.20. The molecule has 0 aliphatic heterocycles. The van der Waals surface area contributed by atoms with E-state index in [2.05, 4.69) is 5.32 Å². The zero-order valence-corrected chi connectivity index (χ0v) is 13.5. The van der Waals surface area contributed by atoms with Crippen molar-refractivity contribution in [2.75, 3.05) is 6.54 Å². The van der Waals surface area contributed by atoms with E-state index in [-0.39, 0.29) is 6.54 Å². The van der Waals surface area contributed by atoms with E-state index in [1.807, 2.05) is 62.4 Å². The van der Waals surface area contributed by atoms with Crippen LogP contribution in [0.5, 0.6) is 0 Å². The molecule has 0 spiro atoms. The molecule has 0 bridgehead atoms. The maximum absolute atomic E-state index is 11.5. The van der Waals surface area contributed by atoms with Gasteiger partial charge in [0.2, 0.25) is 0 Å². The molecule has 1 unspecified atom stereocenters. The molecule has 2 aromatic rings. The van der Waals surface area contributed by atoms with Crippen LogP contribution in [-0.2, 0) is 11.2 Å². The summed E-state index contributed by atoms with van der Waals surface area (Å²) in [5.74, 6) is -0.943. The van der Waals surface area contributed by atoms with Crippen molar-refractivity contribution in [3.8, 4) is 0 Å². The molecule has 0 heterocycles. The van der Waals surface area contributed by atoms with Gasteiger partial charge in [0, 0.05) is 6.54 Å². The lowest BCUT2D eigenvalue weighted by Crippen LogP contribution is -2.35. The summed E-state index contributed by atoms with van der Waals surface area (Å²) in [4.78, 5) is 11.5. The van der Waals surface area contributed by atoms with Gasteiger partial charge in [0.1, 0.15) is 6.04 Å².